The first-order valence-corrected chi connectivity index (χ1v) is 9.09. The second kappa shape index (κ2) is 7.28. The van der Waals surface area contributed by atoms with Crippen molar-refractivity contribution in [2.24, 2.45) is 5.73 Å². The SMILES string of the molecule is N#Cc1ccc(C2(Nc3ccc(-c4cc(C(N)=O)ccc4F)nn3)CCC2)nc1. The number of carbonyl (C=O) groups is 1. The van der Waals surface area contributed by atoms with Crippen molar-refractivity contribution in [2.75, 3.05) is 5.32 Å². The van der Waals surface area contributed by atoms with E-state index in [0.717, 1.165) is 25.0 Å². The fourth-order valence-electron chi connectivity index (χ4n) is 3.38. The maximum Gasteiger partial charge on any atom is 0.248 e. The van der Waals surface area contributed by atoms with E-state index in [1.54, 1.807) is 24.4 Å². The number of benzene rings is 1. The average molecular weight is 388 g/mol. The number of nitrogens with one attached hydrogen (secondary N) is 1. The molecule has 1 saturated carbocycles. The maximum atomic E-state index is 14.2. The van der Waals surface area contributed by atoms with Gasteiger partial charge in [-0.3, -0.25) is 9.78 Å². The summed E-state index contributed by atoms with van der Waals surface area (Å²) in [5, 5.41) is 20.6. The lowest BCUT2D eigenvalue weighted by atomic mass is 9.74. The van der Waals surface area contributed by atoms with Crippen molar-refractivity contribution in [1.82, 2.24) is 15.2 Å². The fraction of sp³-hybridized carbons (Fsp3) is 0.190. The predicted molar refractivity (Wildman–Crippen MR) is 104 cm³/mol. The summed E-state index contributed by atoms with van der Waals surface area (Å²) in [4.78, 5) is 15.8. The number of pyridine rings is 1. The Hall–Kier alpha value is -3.86. The lowest BCUT2D eigenvalue weighted by Crippen LogP contribution is -2.43. The monoisotopic (exact) mass is 388 g/mol. The van der Waals surface area contributed by atoms with E-state index in [4.69, 9.17) is 11.0 Å². The molecule has 1 aliphatic rings. The minimum Gasteiger partial charge on any atom is -0.366 e. The first-order chi connectivity index (χ1) is 14.0. The van der Waals surface area contributed by atoms with Crippen LogP contribution in [0.25, 0.3) is 11.3 Å². The summed E-state index contributed by atoms with van der Waals surface area (Å²) < 4.78 is 14.2. The summed E-state index contributed by atoms with van der Waals surface area (Å²) >= 11 is 0. The largest absolute Gasteiger partial charge is 0.366 e. The Morgan fingerprint density at radius 1 is 1.17 bits per heavy atom. The number of nitrogens with zero attached hydrogens (tertiary/aromatic N) is 4. The molecule has 1 aromatic carbocycles. The molecule has 3 aromatic rings. The number of nitrogens with two attached hydrogens (primary N) is 1. The molecule has 1 fully saturated rings. The highest BCUT2D eigenvalue weighted by molar-refractivity contribution is 5.94. The topological polar surface area (TPSA) is 118 Å². The summed E-state index contributed by atoms with van der Waals surface area (Å²) in [6.45, 7) is 0. The molecule has 0 spiro atoms. The molecule has 1 aliphatic carbocycles. The van der Waals surface area contributed by atoms with Crippen LogP contribution in [0.4, 0.5) is 10.2 Å². The molecule has 0 saturated heterocycles. The number of nitriles is 1. The van der Waals surface area contributed by atoms with Crippen LogP contribution in [-0.4, -0.2) is 21.1 Å². The highest BCUT2D eigenvalue weighted by atomic mass is 19.1. The number of primary amides is 1. The number of anilines is 1. The number of hydrogen-bond donors (Lipinski definition) is 2. The smallest absolute Gasteiger partial charge is 0.248 e. The van der Waals surface area contributed by atoms with Crippen LogP contribution >= 0.6 is 0 Å². The summed E-state index contributed by atoms with van der Waals surface area (Å²) in [5.74, 6) is -0.618. The normalized spacial score (nSPS) is 14.5. The van der Waals surface area contributed by atoms with Gasteiger partial charge in [0.1, 0.15) is 17.7 Å². The van der Waals surface area contributed by atoms with Gasteiger partial charge in [-0.25, -0.2) is 4.39 Å². The summed E-state index contributed by atoms with van der Waals surface area (Å²) in [5.41, 5.74) is 6.92. The molecule has 3 N–H and O–H groups in total. The van der Waals surface area contributed by atoms with Gasteiger partial charge in [-0.05, 0) is 61.7 Å². The molecule has 8 heteroatoms. The third-order valence-electron chi connectivity index (χ3n) is 5.15. The van der Waals surface area contributed by atoms with Gasteiger partial charge in [0, 0.05) is 17.3 Å². The zero-order valence-electron chi connectivity index (χ0n) is 15.4. The Bertz CT molecular complexity index is 1100. The minimum absolute atomic E-state index is 0.160. The van der Waals surface area contributed by atoms with E-state index in [-0.39, 0.29) is 16.7 Å². The van der Waals surface area contributed by atoms with Crippen molar-refractivity contribution in [3.05, 3.63) is 71.3 Å². The average Bonchev–Trinajstić information content (AvgIpc) is 2.71. The summed E-state index contributed by atoms with van der Waals surface area (Å²) in [6, 6.07) is 12.9. The molecule has 7 nitrogen and oxygen atoms in total. The van der Waals surface area contributed by atoms with Crippen molar-refractivity contribution < 1.29 is 9.18 Å². The molecule has 4 rings (SSSR count). The van der Waals surface area contributed by atoms with E-state index in [2.05, 4.69) is 26.6 Å². The van der Waals surface area contributed by atoms with Crippen LogP contribution < -0.4 is 11.1 Å². The molecular weight excluding hydrogens is 371 g/mol. The van der Waals surface area contributed by atoms with Gasteiger partial charge < -0.3 is 11.1 Å². The molecule has 0 atom stereocenters. The van der Waals surface area contributed by atoms with Gasteiger partial charge in [0.25, 0.3) is 0 Å². The second-order valence-electron chi connectivity index (χ2n) is 6.97. The molecule has 29 heavy (non-hydrogen) atoms. The quantitative estimate of drug-likeness (QED) is 0.693. The van der Waals surface area contributed by atoms with E-state index in [9.17, 15) is 9.18 Å². The molecule has 0 aliphatic heterocycles. The molecule has 144 valence electrons. The van der Waals surface area contributed by atoms with E-state index < -0.39 is 11.7 Å². The van der Waals surface area contributed by atoms with Crippen molar-refractivity contribution in [1.29, 1.82) is 5.26 Å². The van der Waals surface area contributed by atoms with Gasteiger partial charge in [0.15, 0.2) is 0 Å². The highest BCUT2D eigenvalue weighted by Gasteiger charge is 2.40. The van der Waals surface area contributed by atoms with Gasteiger partial charge >= 0.3 is 0 Å². The van der Waals surface area contributed by atoms with Crippen LogP contribution in [0, 0.1) is 17.1 Å². The van der Waals surface area contributed by atoms with Crippen LogP contribution in [0.3, 0.4) is 0 Å². The Balaban J connectivity index is 1.59. The third-order valence-corrected chi connectivity index (χ3v) is 5.15. The zero-order valence-corrected chi connectivity index (χ0v) is 15.4. The van der Waals surface area contributed by atoms with Crippen LogP contribution in [0.15, 0.2) is 48.7 Å². The van der Waals surface area contributed by atoms with Crippen LogP contribution in [0.1, 0.15) is 40.9 Å². The van der Waals surface area contributed by atoms with Gasteiger partial charge in [-0.2, -0.15) is 5.26 Å². The Kier molecular flexibility index (Phi) is 4.64. The Labute approximate surface area is 166 Å². The molecular formula is C21H17FN6O. The van der Waals surface area contributed by atoms with Crippen LogP contribution in [0.2, 0.25) is 0 Å². The number of amides is 1. The van der Waals surface area contributed by atoms with Crippen molar-refractivity contribution >= 4 is 11.7 Å². The number of hydrogen-bond acceptors (Lipinski definition) is 6. The first kappa shape index (κ1) is 18.5. The van der Waals surface area contributed by atoms with Crippen molar-refractivity contribution in [3.8, 4) is 17.3 Å². The number of rotatable bonds is 5. The molecule has 0 radical (unpaired) electrons. The first-order valence-electron chi connectivity index (χ1n) is 9.09. The van der Waals surface area contributed by atoms with E-state index >= 15 is 0 Å². The minimum atomic E-state index is -0.640. The summed E-state index contributed by atoms with van der Waals surface area (Å²) in [6.07, 6.45) is 4.36. The van der Waals surface area contributed by atoms with E-state index in [0.29, 0.717) is 17.1 Å². The summed E-state index contributed by atoms with van der Waals surface area (Å²) in [7, 11) is 0. The predicted octanol–water partition coefficient (Wildman–Crippen LogP) is 3.14. The Morgan fingerprint density at radius 3 is 2.55 bits per heavy atom. The van der Waals surface area contributed by atoms with Gasteiger partial charge in [-0.15, -0.1) is 10.2 Å². The van der Waals surface area contributed by atoms with Crippen LogP contribution in [-0.2, 0) is 5.54 Å². The highest BCUT2D eigenvalue weighted by Crippen LogP contribution is 2.43. The zero-order chi connectivity index (χ0) is 20.4. The Morgan fingerprint density at radius 2 is 2.00 bits per heavy atom. The molecule has 0 unspecified atom stereocenters. The van der Waals surface area contributed by atoms with Gasteiger partial charge in [0.05, 0.1) is 22.5 Å². The molecule has 1 amide bonds. The van der Waals surface area contributed by atoms with Gasteiger partial charge in [-0.1, -0.05) is 0 Å². The van der Waals surface area contributed by atoms with Crippen LogP contribution in [0.5, 0.6) is 0 Å². The van der Waals surface area contributed by atoms with Crippen molar-refractivity contribution in [3.63, 3.8) is 0 Å². The number of halogens is 1. The number of carbonyl (C=O) groups excluding carboxylic acids is 1. The molecule has 2 aromatic heterocycles. The third kappa shape index (κ3) is 3.50. The second-order valence-corrected chi connectivity index (χ2v) is 6.97. The standard InChI is InChI=1S/C21H17FN6O/c22-16-4-3-14(20(24)29)10-15(16)17-5-7-19(28-27-17)26-21(8-1-9-21)18-6-2-13(11-23)12-25-18/h2-7,10,12H,1,8-9H2,(H2,24,29)(H,26,28). The lowest BCUT2D eigenvalue weighted by Gasteiger charge is -2.42. The molecule has 0 bridgehead atoms. The molecule has 2 heterocycles. The van der Waals surface area contributed by atoms with E-state index in [1.165, 1.54) is 18.2 Å². The maximum absolute atomic E-state index is 14.2. The van der Waals surface area contributed by atoms with E-state index in [1.807, 2.05) is 6.07 Å². The van der Waals surface area contributed by atoms with Crippen molar-refractivity contribution in [2.45, 2.75) is 24.8 Å². The fourth-order valence-corrected chi connectivity index (χ4v) is 3.38. The van der Waals surface area contributed by atoms with Gasteiger partial charge in [0.2, 0.25) is 5.91 Å². The number of aromatic nitrogens is 3. The lowest BCUT2D eigenvalue weighted by molar-refractivity contribution is 0.100.